The fourth-order valence-corrected chi connectivity index (χ4v) is 4.29. The minimum absolute atomic E-state index is 0.0834. The molecule has 3 aliphatic carbocycles. The van der Waals surface area contributed by atoms with Crippen LogP contribution < -0.4 is 0 Å². The van der Waals surface area contributed by atoms with Gasteiger partial charge in [0.2, 0.25) is 0 Å². The predicted octanol–water partition coefficient (Wildman–Crippen LogP) is 2.28. The Labute approximate surface area is 162 Å². The van der Waals surface area contributed by atoms with Gasteiger partial charge in [-0.3, -0.25) is 14.4 Å². The highest BCUT2D eigenvalue weighted by Gasteiger charge is 2.48. The van der Waals surface area contributed by atoms with Crippen LogP contribution in [0.3, 0.4) is 0 Å². The molecule has 0 heterocycles. The summed E-state index contributed by atoms with van der Waals surface area (Å²) in [6.07, 6.45) is 4.98. The van der Waals surface area contributed by atoms with E-state index in [0.29, 0.717) is 29.6 Å². The molecule has 0 aromatic rings. The molecule has 0 aromatic heterocycles. The van der Waals surface area contributed by atoms with Crippen LogP contribution in [0.4, 0.5) is 0 Å². The normalized spacial score (nSPS) is 25.2. The van der Waals surface area contributed by atoms with Crippen LogP contribution in [0.25, 0.3) is 0 Å². The molecule has 1 N–H and O–H groups in total. The molecule has 0 saturated carbocycles. The van der Waals surface area contributed by atoms with E-state index in [4.69, 9.17) is 9.47 Å². The number of carbonyl (C=O) groups excluding carboxylic acids is 3. The molecule has 0 bridgehead atoms. The van der Waals surface area contributed by atoms with E-state index in [-0.39, 0.29) is 43.0 Å². The van der Waals surface area contributed by atoms with Crippen LogP contribution in [0.1, 0.15) is 32.6 Å². The average Bonchev–Trinajstić information content (AvgIpc) is 2.89. The van der Waals surface area contributed by atoms with Crippen molar-refractivity contribution in [3.05, 3.63) is 34.4 Å². The second-order valence-electron chi connectivity index (χ2n) is 7.32. The molecule has 3 rings (SSSR count). The van der Waals surface area contributed by atoms with Gasteiger partial charge in [0.15, 0.2) is 5.41 Å². The van der Waals surface area contributed by atoms with Gasteiger partial charge < -0.3 is 9.47 Å². The van der Waals surface area contributed by atoms with Crippen LogP contribution in [0.5, 0.6) is 0 Å². The molecule has 7 heteroatoms. The Hall–Kier alpha value is -3.19. The van der Waals surface area contributed by atoms with E-state index in [2.05, 4.69) is 12.1 Å². The summed E-state index contributed by atoms with van der Waals surface area (Å²) in [5, 5.41) is 19.8. The third kappa shape index (κ3) is 3.25. The number of ether oxygens (including phenoxy) is 2. The number of carbonyl (C=O) groups is 2. The van der Waals surface area contributed by atoms with Crippen molar-refractivity contribution in [2.75, 3.05) is 13.7 Å². The third-order valence-corrected chi connectivity index (χ3v) is 5.69. The van der Waals surface area contributed by atoms with Crippen molar-refractivity contribution in [2.24, 2.45) is 17.3 Å². The lowest BCUT2D eigenvalue weighted by Gasteiger charge is -2.31. The number of ketones is 1. The summed E-state index contributed by atoms with van der Waals surface area (Å²) in [7, 11) is 1.34. The lowest BCUT2D eigenvalue weighted by molar-refractivity contribution is -0.146. The van der Waals surface area contributed by atoms with Crippen molar-refractivity contribution >= 4 is 17.7 Å². The third-order valence-electron chi connectivity index (χ3n) is 5.69. The lowest BCUT2D eigenvalue weighted by Crippen LogP contribution is -2.30. The summed E-state index contributed by atoms with van der Waals surface area (Å²) < 4.78 is 9.92. The zero-order chi connectivity index (χ0) is 20.5. The van der Waals surface area contributed by atoms with Gasteiger partial charge in [-0.15, -0.1) is 0 Å². The lowest BCUT2D eigenvalue weighted by atomic mass is 9.68. The number of hydrogen-bond donors (Lipinski definition) is 0. The van der Waals surface area contributed by atoms with Crippen molar-refractivity contribution in [3.8, 4) is 12.1 Å². The van der Waals surface area contributed by atoms with Crippen LogP contribution >= 0.6 is 0 Å². The van der Waals surface area contributed by atoms with E-state index in [1.165, 1.54) is 14.0 Å². The van der Waals surface area contributed by atoms with Gasteiger partial charge in [0.25, 0.3) is 0 Å². The summed E-state index contributed by atoms with van der Waals surface area (Å²) in [6.45, 7) is 1.18. The first-order valence-corrected chi connectivity index (χ1v) is 9.07. The molecule has 144 valence electrons. The van der Waals surface area contributed by atoms with Crippen molar-refractivity contribution < 1.29 is 23.9 Å². The monoisotopic (exact) mass is 381 g/mol. The highest BCUT2D eigenvalue weighted by atomic mass is 16.5. The number of hydrogen-bond acceptors (Lipinski definition) is 6. The summed E-state index contributed by atoms with van der Waals surface area (Å²) >= 11 is 0. The minimum Gasteiger partial charge on any atom is -0.469 e. The number of nitriles is 2. The maximum Gasteiger partial charge on any atom is 0.327 e. The Bertz CT molecular complexity index is 911. The van der Waals surface area contributed by atoms with Crippen LogP contribution in [0, 0.1) is 39.9 Å². The largest absolute Gasteiger partial charge is 0.469 e. The summed E-state index contributed by atoms with van der Waals surface area (Å²) in [4.78, 5) is 33.6. The van der Waals surface area contributed by atoms with E-state index < -0.39 is 11.4 Å². The summed E-state index contributed by atoms with van der Waals surface area (Å²) in [6, 6.07) is 4.33. The highest BCUT2D eigenvalue weighted by Crippen LogP contribution is 2.50. The molecular formula is C21H21N2O5+. The molecule has 2 atom stereocenters. The molecule has 3 aliphatic rings. The molecule has 0 radical (unpaired) electrons. The predicted molar refractivity (Wildman–Crippen MR) is 97.9 cm³/mol. The van der Waals surface area contributed by atoms with E-state index in [0.717, 1.165) is 5.57 Å². The SMILES string of the molecule is COC(=O)C1CC=C2C(C=C3CC(=[OH+])C(COC(C)=O)=C3CC2(C#N)C#N)C1. The number of methoxy groups -OCH3 is 1. The fourth-order valence-electron chi connectivity index (χ4n) is 4.29. The minimum atomic E-state index is -1.40. The number of esters is 2. The maximum atomic E-state index is 12.0. The van der Waals surface area contributed by atoms with Crippen LogP contribution in [-0.2, 0) is 19.1 Å². The molecule has 0 aromatic carbocycles. The van der Waals surface area contributed by atoms with Gasteiger partial charge in [-0.05, 0) is 29.6 Å². The molecule has 0 fully saturated rings. The van der Waals surface area contributed by atoms with E-state index in [1.54, 1.807) is 0 Å². The Balaban J connectivity index is 2.09. The first-order chi connectivity index (χ1) is 13.3. The molecule has 0 spiro atoms. The van der Waals surface area contributed by atoms with Crippen molar-refractivity contribution in [1.82, 2.24) is 0 Å². The summed E-state index contributed by atoms with van der Waals surface area (Å²) in [5.41, 5.74) is 1.24. The average molecular weight is 381 g/mol. The van der Waals surface area contributed by atoms with Gasteiger partial charge in [0.05, 0.1) is 37.2 Å². The van der Waals surface area contributed by atoms with Gasteiger partial charge in [0.1, 0.15) is 6.61 Å². The Morgan fingerprint density at radius 3 is 2.68 bits per heavy atom. The van der Waals surface area contributed by atoms with Crippen LogP contribution in [0.2, 0.25) is 0 Å². The zero-order valence-electron chi connectivity index (χ0n) is 15.8. The number of allylic oxidation sites excluding steroid dienone is 5. The van der Waals surface area contributed by atoms with Gasteiger partial charge in [-0.25, -0.2) is 0 Å². The first-order valence-electron chi connectivity index (χ1n) is 9.07. The second kappa shape index (κ2) is 7.44. The Morgan fingerprint density at radius 1 is 1.36 bits per heavy atom. The van der Waals surface area contributed by atoms with E-state index in [9.17, 15) is 24.9 Å². The van der Waals surface area contributed by atoms with E-state index >= 15 is 0 Å². The van der Waals surface area contributed by atoms with Crippen molar-refractivity contribution in [2.45, 2.75) is 32.6 Å². The Kier molecular flexibility index (Phi) is 5.20. The topological polar surface area (TPSA) is 122 Å². The van der Waals surface area contributed by atoms with Gasteiger partial charge >= 0.3 is 17.7 Å². The number of rotatable bonds is 3. The number of fused-ring (bicyclic) bond motifs is 2. The van der Waals surface area contributed by atoms with Gasteiger partial charge in [-0.2, -0.15) is 10.5 Å². The molecular weight excluding hydrogens is 360 g/mol. The molecule has 2 unspecified atom stereocenters. The standard InChI is InChI=1S/C21H20N2O5/c1-12(24)28-9-17-16-8-21(10-22,11-23)18-4-3-13(20(26)27-2)5-15(18)6-14(16)7-19(17)25/h4,6,13,15H,3,5,7-9H2,1-2H3/p+1. The van der Waals surface area contributed by atoms with Crippen LogP contribution in [-0.4, -0.2) is 36.2 Å². The fraction of sp³-hybridized carbons (Fsp3) is 0.476. The first kappa shape index (κ1) is 19.6. The Morgan fingerprint density at radius 2 is 2.07 bits per heavy atom. The summed E-state index contributed by atoms with van der Waals surface area (Å²) in [5.74, 6) is -1.32. The molecule has 0 aliphatic heterocycles. The van der Waals surface area contributed by atoms with E-state index in [1.807, 2.05) is 12.2 Å². The highest BCUT2D eigenvalue weighted by molar-refractivity contribution is 6.04. The van der Waals surface area contributed by atoms with Gasteiger partial charge in [0, 0.05) is 19.3 Å². The van der Waals surface area contributed by atoms with Crippen molar-refractivity contribution in [3.63, 3.8) is 0 Å². The molecule has 0 saturated heterocycles. The zero-order valence-corrected chi connectivity index (χ0v) is 15.8. The number of nitrogens with zero attached hydrogens (tertiary/aromatic N) is 2. The maximum absolute atomic E-state index is 12.0. The van der Waals surface area contributed by atoms with Gasteiger partial charge in [-0.1, -0.05) is 12.2 Å². The smallest absolute Gasteiger partial charge is 0.327 e. The van der Waals surface area contributed by atoms with Crippen molar-refractivity contribution in [1.29, 1.82) is 10.5 Å². The molecule has 7 nitrogen and oxygen atoms in total. The van der Waals surface area contributed by atoms with Crippen LogP contribution in [0.15, 0.2) is 34.4 Å². The second-order valence-corrected chi connectivity index (χ2v) is 7.32. The molecule has 0 amide bonds. The molecule has 28 heavy (non-hydrogen) atoms. The quantitative estimate of drug-likeness (QED) is 0.420.